The van der Waals surface area contributed by atoms with Gasteiger partial charge in [-0.25, -0.2) is 15.0 Å². The largest absolute Gasteiger partial charge is 0.340 e. The lowest BCUT2D eigenvalue weighted by atomic mass is 9.96. The number of aromatic amines is 1. The smallest absolute Gasteiger partial charge is 0.240 e. The molecule has 1 aromatic carbocycles. The summed E-state index contributed by atoms with van der Waals surface area (Å²) in [5, 5.41) is 5.00. The van der Waals surface area contributed by atoms with E-state index < -0.39 is 0 Å². The molecule has 0 unspecified atom stereocenters. The molecular weight excluding hydrogens is 515 g/mol. The van der Waals surface area contributed by atoms with E-state index in [0.717, 1.165) is 68.7 Å². The fraction of sp³-hybridized carbons (Fsp3) is 0.440. The summed E-state index contributed by atoms with van der Waals surface area (Å²) in [6, 6.07) is 5.24. The van der Waals surface area contributed by atoms with Crippen LogP contribution < -0.4 is 0 Å². The zero-order valence-electron chi connectivity index (χ0n) is 20.1. The number of likely N-dealkylation sites (tertiary alicyclic amines) is 2. The first-order chi connectivity index (χ1) is 18.0. The van der Waals surface area contributed by atoms with Crippen molar-refractivity contribution in [1.29, 1.82) is 0 Å². The number of hydrogen-bond acceptors (Lipinski definition) is 8. The maximum atomic E-state index is 13.2. The van der Waals surface area contributed by atoms with Crippen molar-refractivity contribution in [3.05, 3.63) is 52.4 Å². The fourth-order valence-electron chi connectivity index (χ4n) is 5.24. The Kier molecular flexibility index (Phi) is 6.79. The highest BCUT2D eigenvalue weighted by Crippen LogP contribution is 2.34. The lowest BCUT2D eigenvalue weighted by molar-refractivity contribution is -0.132. The van der Waals surface area contributed by atoms with E-state index >= 15 is 0 Å². The molecule has 0 spiro atoms. The molecule has 0 radical (unpaired) electrons. The Labute approximate surface area is 223 Å². The zero-order valence-corrected chi connectivity index (χ0v) is 21.6. The van der Waals surface area contributed by atoms with Gasteiger partial charge in [-0.3, -0.25) is 4.79 Å². The van der Waals surface area contributed by atoms with Crippen LogP contribution in [0.1, 0.15) is 55.8 Å². The summed E-state index contributed by atoms with van der Waals surface area (Å²) < 4.78 is 5.50. The molecule has 1 amide bonds. The number of aromatic nitrogens is 6. The van der Waals surface area contributed by atoms with Gasteiger partial charge in [-0.15, -0.1) is 0 Å². The van der Waals surface area contributed by atoms with Crippen molar-refractivity contribution >= 4 is 40.1 Å². The third kappa shape index (κ3) is 5.05. The molecule has 5 heterocycles. The normalized spacial score (nSPS) is 19.2. The first-order valence-corrected chi connectivity index (χ1v) is 13.3. The molecule has 37 heavy (non-hydrogen) atoms. The summed E-state index contributed by atoms with van der Waals surface area (Å²) in [5.41, 5.74) is 1.59. The van der Waals surface area contributed by atoms with Gasteiger partial charge in [-0.2, -0.15) is 4.98 Å². The summed E-state index contributed by atoms with van der Waals surface area (Å²) >= 11 is 12.3. The lowest BCUT2D eigenvalue weighted by Crippen LogP contribution is -2.37. The van der Waals surface area contributed by atoms with Gasteiger partial charge in [0.2, 0.25) is 23.4 Å². The van der Waals surface area contributed by atoms with E-state index in [0.29, 0.717) is 34.0 Å². The zero-order chi connectivity index (χ0) is 25.4. The monoisotopic (exact) mass is 540 g/mol. The molecule has 2 aliphatic rings. The molecule has 0 bridgehead atoms. The number of nitrogens with one attached hydrogen (secondary N) is 1. The predicted octanol–water partition coefficient (Wildman–Crippen LogP) is 4.64. The number of carbonyl (C=O) groups excluding carboxylic acids is 1. The van der Waals surface area contributed by atoms with Gasteiger partial charge in [0.1, 0.15) is 5.82 Å². The summed E-state index contributed by atoms with van der Waals surface area (Å²) in [7, 11) is 0. The molecule has 2 saturated heterocycles. The fourth-order valence-corrected chi connectivity index (χ4v) is 5.56. The Morgan fingerprint density at radius 1 is 1.03 bits per heavy atom. The summed E-state index contributed by atoms with van der Waals surface area (Å²) in [5.74, 6) is 2.66. The molecule has 0 saturated carbocycles. The molecular formula is C25H26Cl2N8O2. The topological polar surface area (TPSA) is 117 Å². The Balaban J connectivity index is 1.03. The van der Waals surface area contributed by atoms with Crippen LogP contribution in [0.15, 0.2) is 35.1 Å². The van der Waals surface area contributed by atoms with E-state index in [4.69, 9.17) is 32.7 Å². The second kappa shape index (κ2) is 10.4. The van der Waals surface area contributed by atoms with Gasteiger partial charge in [0.15, 0.2) is 0 Å². The second-order valence-electron chi connectivity index (χ2n) is 9.55. The first kappa shape index (κ1) is 24.3. The maximum absolute atomic E-state index is 13.2. The molecule has 10 nitrogen and oxygen atoms in total. The molecule has 12 heteroatoms. The third-order valence-electron chi connectivity index (χ3n) is 7.22. The third-order valence-corrected chi connectivity index (χ3v) is 7.94. The van der Waals surface area contributed by atoms with E-state index in [9.17, 15) is 4.79 Å². The van der Waals surface area contributed by atoms with Crippen LogP contribution in [0.2, 0.25) is 10.0 Å². The quantitative estimate of drug-likeness (QED) is 0.375. The number of halogens is 2. The van der Waals surface area contributed by atoms with Crippen LogP contribution in [-0.2, 0) is 4.79 Å². The highest BCUT2D eigenvalue weighted by molar-refractivity contribution is 6.42. The lowest BCUT2D eigenvalue weighted by Gasteiger charge is -2.31. The number of piperidine rings is 1. The number of rotatable bonds is 6. The Morgan fingerprint density at radius 3 is 2.62 bits per heavy atom. The maximum Gasteiger partial charge on any atom is 0.240 e. The van der Waals surface area contributed by atoms with Crippen LogP contribution in [0, 0.1) is 0 Å². The van der Waals surface area contributed by atoms with Crippen molar-refractivity contribution in [3.63, 3.8) is 0 Å². The average Bonchev–Trinajstić information content (AvgIpc) is 3.68. The van der Waals surface area contributed by atoms with E-state index in [2.05, 4.69) is 30.0 Å². The van der Waals surface area contributed by atoms with Gasteiger partial charge in [0, 0.05) is 37.8 Å². The first-order valence-electron chi connectivity index (χ1n) is 12.5. The Morgan fingerprint density at radius 2 is 1.81 bits per heavy atom. The molecule has 0 aliphatic carbocycles. The molecule has 6 rings (SSSR count). The van der Waals surface area contributed by atoms with Gasteiger partial charge >= 0.3 is 0 Å². The molecule has 3 aromatic heterocycles. The van der Waals surface area contributed by atoms with E-state index in [1.165, 1.54) is 0 Å². The van der Waals surface area contributed by atoms with Crippen molar-refractivity contribution in [1.82, 2.24) is 39.9 Å². The highest BCUT2D eigenvalue weighted by Gasteiger charge is 2.33. The molecule has 1 atom stereocenters. The highest BCUT2D eigenvalue weighted by atomic mass is 35.5. The molecule has 1 N–H and O–H groups in total. The van der Waals surface area contributed by atoms with Crippen molar-refractivity contribution in [3.8, 4) is 11.6 Å². The van der Waals surface area contributed by atoms with E-state index in [-0.39, 0.29) is 17.9 Å². The number of carbonyl (C=O) groups is 1. The molecule has 2 fully saturated rings. The van der Waals surface area contributed by atoms with Gasteiger partial charge in [-0.05, 0) is 57.0 Å². The number of fused-ring (bicyclic) bond motifs is 1. The van der Waals surface area contributed by atoms with Crippen molar-refractivity contribution < 1.29 is 9.32 Å². The van der Waals surface area contributed by atoms with Crippen LogP contribution in [0.4, 0.5) is 0 Å². The van der Waals surface area contributed by atoms with Crippen LogP contribution >= 0.6 is 23.2 Å². The average molecular weight is 541 g/mol. The van der Waals surface area contributed by atoms with Gasteiger partial charge in [0.05, 0.1) is 27.1 Å². The standard InChI is InChI=1S/C25H26Cl2N8O2/c26-16-13-18-19(14-17(16)27)31-22(30-18)20-3-1-9-35(20)21(36)6-12-34-10-4-15(5-11-34)25-32-24(33-37-25)23-28-7-2-8-29-23/h2,7-8,13-15,20H,1,3-6,9-12H2,(H,30,31)/t20-/m0/s1. The van der Waals surface area contributed by atoms with Crippen molar-refractivity contribution in [2.24, 2.45) is 0 Å². The Hall–Kier alpha value is -3.08. The molecule has 4 aromatic rings. The summed E-state index contributed by atoms with van der Waals surface area (Å²) in [4.78, 5) is 38.4. The van der Waals surface area contributed by atoms with E-state index in [1.54, 1.807) is 30.6 Å². The minimum absolute atomic E-state index is 0.0523. The Bertz CT molecular complexity index is 1360. The van der Waals surface area contributed by atoms with Crippen LogP contribution in [0.5, 0.6) is 0 Å². The number of amides is 1. The summed E-state index contributed by atoms with van der Waals surface area (Å²) in [6.45, 7) is 3.24. The van der Waals surface area contributed by atoms with Crippen LogP contribution in [0.3, 0.4) is 0 Å². The number of nitrogens with zero attached hydrogens (tertiary/aromatic N) is 7. The van der Waals surface area contributed by atoms with Gasteiger partial charge < -0.3 is 19.3 Å². The van der Waals surface area contributed by atoms with Crippen LogP contribution in [0.25, 0.3) is 22.7 Å². The van der Waals surface area contributed by atoms with Crippen molar-refractivity contribution in [2.75, 3.05) is 26.2 Å². The SMILES string of the molecule is O=C(CCN1CCC(c2nc(-c3ncccn3)no2)CC1)N1CCC[C@H]1c1nc2cc(Cl)c(Cl)cc2[nH]1. The van der Waals surface area contributed by atoms with E-state index in [1.807, 2.05) is 4.90 Å². The number of imidazole rings is 1. The minimum Gasteiger partial charge on any atom is -0.340 e. The van der Waals surface area contributed by atoms with Crippen LogP contribution in [-0.4, -0.2) is 72.0 Å². The number of hydrogen-bond donors (Lipinski definition) is 1. The predicted molar refractivity (Wildman–Crippen MR) is 138 cm³/mol. The molecule has 2 aliphatic heterocycles. The van der Waals surface area contributed by atoms with Gasteiger partial charge in [-0.1, -0.05) is 28.4 Å². The number of H-pyrrole nitrogens is 1. The van der Waals surface area contributed by atoms with Crippen molar-refractivity contribution in [2.45, 2.75) is 44.1 Å². The number of benzene rings is 1. The summed E-state index contributed by atoms with van der Waals surface area (Å²) in [6.07, 6.45) is 7.45. The molecule has 192 valence electrons. The van der Waals surface area contributed by atoms with Gasteiger partial charge in [0.25, 0.3) is 0 Å². The second-order valence-corrected chi connectivity index (χ2v) is 10.4. The minimum atomic E-state index is -0.0523.